The van der Waals surface area contributed by atoms with Gasteiger partial charge in [-0.1, -0.05) is 0 Å². The molecule has 4 heteroatoms. The predicted molar refractivity (Wildman–Crippen MR) is 55.3 cm³/mol. The molecular weight excluding hydrogens is 182 g/mol. The highest BCUT2D eigenvalue weighted by atomic mass is 32.1. The Morgan fingerprint density at radius 1 is 1.38 bits per heavy atom. The maximum Gasteiger partial charge on any atom is 0.177 e. The summed E-state index contributed by atoms with van der Waals surface area (Å²) in [6.07, 6.45) is 4.87. The minimum absolute atomic E-state index is 0.665. The van der Waals surface area contributed by atoms with Crippen LogP contribution in [0.2, 0.25) is 0 Å². The second kappa shape index (κ2) is 3.64. The number of imidazole rings is 1. The van der Waals surface area contributed by atoms with Gasteiger partial charge < -0.3 is 15.3 Å². The molecule has 0 aromatic carbocycles. The third-order valence-electron chi connectivity index (χ3n) is 2.62. The van der Waals surface area contributed by atoms with Gasteiger partial charge in [0.25, 0.3) is 0 Å². The van der Waals surface area contributed by atoms with Crippen LogP contribution in [0.3, 0.4) is 0 Å². The first-order chi connectivity index (χ1) is 6.33. The van der Waals surface area contributed by atoms with E-state index in [0.717, 1.165) is 24.2 Å². The lowest BCUT2D eigenvalue weighted by molar-refractivity contribution is 0.605. The molecule has 1 aromatic rings. The number of aromatic nitrogens is 2. The molecule has 0 fully saturated rings. The number of rotatable bonds is 2. The summed E-state index contributed by atoms with van der Waals surface area (Å²) in [7, 11) is 0. The van der Waals surface area contributed by atoms with Gasteiger partial charge in [-0.05, 0) is 37.9 Å². The fraction of sp³-hybridized carbons (Fsp3) is 0.667. The van der Waals surface area contributed by atoms with Crippen molar-refractivity contribution in [1.29, 1.82) is 0 Å². The van der Waals surface area contributed by atoms with Gasteiger partial charge in [0.2, 0.25) is 0 Å². The highest BCUT2D eigenvalue weighted by Crippen LogP contribution is 2.20. The van der Waals surface area contributed by atoms with Crippen molar-refractivity contribution >= 4 is 12.2 Å². The van der Waals surface area contributed by atoms with Crippen molar-refractivity contribution in [3.8, 4) is 0 Å². The Kier molecular flexibility index (Phi) is 2.51. The van der Waals surface area contributed by atoms with Gasteiger partial charge in [-0.3, -0.25) is 0 Å². The average molecular weight is 197 g/mol. The van der Waals surface area contributed by atoms with Gasteiger partial charge in [0, 0.05) is 24.5 Å². The molecular formula is C9H15N3S. The minimum Gasteiger partial charge on any atom is -0.334 e. The number of aromatic amines is 1. The quantitative estimate of drug-likeness (QED) is 0.704. The van der Waals surface area contributed by atoms with Crippen molar-refractivity contribution in [2.75, 3.05) is 6.54 Å². The first-order valence-corrected chi connectivity index (χ1v) is 5.24. The zero-order chi connectivity index (χ0) is 9.26. The number of nitrogens with two attached hydrogens (primary N) is 1. The van der Waals surface area contributed by atoms with E-state index in [-0.39, 0.29) is 0 Å². The lowest BCUT2D eigenvalue weighted by Gasteiger charge is -2.13. The number of nitrogens with one attached hydrogen (secondary N) is 1. The highest BCUT2D eigenvalue weighted by Gasteiger charge is 2.14. The first kappa shape index (κ1) is 8.97. The second-order valence-corrected chi connectivity index (χ2v) is 3.89. The molecule has 1 aliphatic carbocycles. The number of hydrogen-bond donors (Lipinski definition) is 2. The molecule has 0 atom stereocenters. The molecule has 0 unspecified atom stereocenters. The molecule has 1 heterocycles. The fourth-order valence-corrected chi connectivity index (χ4v) is 2.33. The third-order valence-corrected chi connectivity index (χ3v) is 2.94. The van der Waals surface area contributed by atoms with Crippen LogP contribution in [0.15, 0.2) is 0 Å². The molecule has 0 saturated heterocycles. The van der Waals surface area contributed by atoms with Gasteiger partial charge in [-0.25, -0.2) is 0 Å². The van der Waals surface area contributed by atoms with Crippen molar-refractivity contribution in [3.05, 3.63) is 16.2 Å². The van der Waals surface area contributed by atoms with Gasteiger partial charge >= 0.3 is 0 Å². The zero-order valence-corrected chi connectivity index (χ0v) is 8.49. The van der Waals surface area contributed by atoms with Crippen molar-refractivity contribution in [2.45, 2.75) is 32.2 Å². The summed E-state index contributed by atoms with van der Waals surface area (Å²) in [5, 5.41) is 0. The van der Waals surface area contributed by atoms with Crippen molar-refractivity contribution < 1.29 is 0 Å². The zero-order valence-electron chi connectivity index (χ0n) is 7.68. The van der Waals surface area contributed by atoms with Crippen LogP contribution in [0.1, 0.15) is 24.2 Å². The summed E-state index contributed by atoms with van der Waals surface area (Å²) in [6, 6.07) is 0. The Morgan fingerprint density at radius 3 is 2.92 bits per heavy atom. The summed E-state index contributed by atoms with van der Waals surface area (Å²) >= 11 is 5.24. The normalized spacial score (nSPS) is 15.8. The molecule has 13 heavy (non-hydrogen) atoms. The van der Waals surface area contributed by atoms with E-state index in [0.29, 0.717) is 6.54 Å². The van der Waals surface area contributed by atoms with Crippen LogP contribution >= 0.6 is 12.2 Å². The molecule has 1 aliphatic rings. The molecule has 0 amide bonds. The SMILES string of the molecule is NCCn1c2c([nH]c1=S)CCCC2. The van der Waals surface area contributed by atoms with Gasteiger partial charge in [0.05, 0.1) is 0 Å². The summed E-state index contributed by atoms with van der Waals surface area (Å²) in [5.41, 5.74) is 8.27. The molecule has 0 radical (unpaired) electrons. The number of aryl methyl sites for hydroxylation is 1. The van der Waals surface area contributed by atoms with E-state index in [1.807, 2.05) is 0 Å². The van der Waals surface area contributed by atoms with E-state index in [2.05, 4.69) is 9.55 Å². The Labute approximate surface area is 83.0 Å². The molecule has 0 bridgehead atoms. The Morgan fingerprint density at radius 2 is 2.15 bits per heavy atom. The molecule has 72 valence electrons. The number of H-pyrrole nitrogens is 1. The van der Waals surface area contributed by atoms with Gasteiger partial charge in [0.15, 0.2) is 4.77 Å². The van der Waals surface area contributed by atoms with Crippen LogP contribution in [0.25, 0.3) is 0 Å². The highest BCUT2D eigenvalue weighted by molar-refractivity contribution is 7.71. The molecule has 0 spiro atoms. The predicted octanol–water partition coefficient (Wildman–Crippen LogP) is 1.38. The van der Waals surface area contributed by atoms with E-state index in [1.165, 1.54) is 24.2 Å². The van der Waals surface area contributed by atoms with Crippen molar-refractivity contribution in [2.24, 2.45) is 5.73 Å². The Balaban J connectivity index is 2.42. The third kappa shape index (κ3) is 1.56. The number of hydrogen-bond acceptors (Lipinski definition) is 2. The van der Waals surface area contributed by atoms with E-state index in [4.69, 9.17) is 18.0 Å². The van der Waals surface area contributed by atoms with Crippen molar-refractivity contribution in [1.82, 2.24) is 9.55 Å². The van der Waals surface area contributed by atoms with Crippen LogP contribution in [-0.2, 0) is 19.4 Å². The number of nitrogens with zero attached hydrogens (tertiary/aromatic N) is 1. The Hall–Kier alpha value is -0.610. The number of fused-ring (bicyclic) bond motifs is 1. The largest absolute Gasteiger partial charge is 0.334 e. The van der Waals surface area contributed by atoms with Crippen LogP contribution in [0, 0.1) is 4.77 Å². The van der Waals surface area contributed by atoms with Crippen LogP contribution in [0.5, 0.6) is 0 Å². The van der Waals surface area contributed by atoms with Gasteiger partial charge in [-0.15, -0.1) is 0 Å². The molecule has 0 saturated carbocycles. The summed E-state index contributed by atoms with van der Waals surface area (Å²) in [5.74, 6) is 0. The molecule has 1 aromatic heterocycles. The monoisotopic (exact) mass is 197 g/mol. The van der Waals surface area contributed by atoms with Crippen molar-refractivity contribution in [3.63, 3.8) is 0 Å². The van der Waals surface area contributed by atoms with Gasteiger partial charge in [0.1, 0.15) is 0 Å². The molecule has 2 rings (SSSR count). The van der Waals surface area contributed by atoms with Crippen LogP contribution < -0.4 is 5.73 Å². The van der Waals surface area contributed by atoms with E-state index < -0.39 is 0 Å². The minimum atomic E-state index is 0.665. The summed E-state index contributed by atoms with van der Waals surface area (Å²) < 4.78 is 3.00. The maximum absolute atomic E-state index is 5.54. The topological polar surface area (TPSA) is 46.7 Å². The van der Waals surface area contributed by atoms with E-state index in [9.17, 15) is 0 Å². The molecule has 3 nitrogen and oxygen atoms in total. The average Bonchev–Trinajstić information content (AvgIpc) is 2.44. The standard InChI is InChI=1S/C9H15N3S/c10-5-6-12-8-4-2-1-3-7(8)11-9(12)13/h1-6,10H2,(H,11,13). The second-order valence-electron chi connectivity index (χ2n) is 3.50. The summed E-state index contributed by atoms with van der Waals surface area (Å²) in [6.45, 7) is 1.52. The lowest BCUT2D eigenvalue weighted by atomic mass is 10.0. The lowest BCUT2D eigenvalue weighted by Crippen LogP contribution is -2.14. The summed E-state index contributed by atoms with van der Waals surface area (Å²) in [4.78, 5) is 3.27. The van der Waals surface area contributed by atoms with Crippen LogP contribution in [0.4, 0.5) is 0 Å². The first-order valence-electron chi connectivity index (χ1n) is 4.83. The maximum atomic E-state index is 5.54. The van der Waals surface area contributed by atoms with E-state index >= 15 is 0 Å². The van der Waals surface area contributed by atoms with E-state index in [1.54, 1.807) is 0 Å². The molecule has 3 N–H and O–H groups in total. The van der Waals surface area contributed by atoms with Gasteiger partial charge in [-0.2, -0.15) is 0 Å². The molecule has 0 aliphatic heterocycles. The smallest absolute Gasteiger partial charge is 0.177 e. The fourth-order valence-electron chi connectivity index (χ4n) is 2.01. The van der Waals surface area contributed by atoms with Crippen LogP contribution in [-0.4, -0.2) is 16.1 Å². The Bertz CT molecular complexity index is 350.